The van der Waals surface area contributed by atoms with Gasteiger partial charge in [-0.15, -0.1) is 0 Å². The standard InChI is InChI=1S/C17H16O2/c1-2-12-9-6-10-14-11-15(18)17(19-16(12)14)13-7-4-3-5-8-13/h2-10,15,17-18H,1,11H2. The van der Waals surface area contributed by atoms with Crippen molar-refractivity contribution in [3.8, 4) is 5.75 Å². The lowest BCUT2D eigenvalue weighted by Gasteiger charge is -2.31. The van der Waals surface area contributed by atoms with Gasteiger partial charge in [0.15, 0.2) is 0 Å². The lowest BCUT2D eigenvalue weighted by molar-refractivity contribution is 0.0207. The fraction of sp³-hybridized carbons (Fsp3) is 0.176. The van der Waals surface area contributed by atoms with Crippen molar-refractivity contribution in [2.75, 3.05) is 0 Å². The number of fused-ring (bicyclic) bond motifs is 1. The molecule has 2 aromatic carbocycles. The number of aliphatic hydroxyl groups excluding tert-OH is 1. The zero-order chi connectivity index (χ0) is 13.2. The molecule has 2 atom stereocenters. The number of benzene rings is 2. The van der Waals surface area contributed by atoms with Crippen LogP contribution in [0.2, 0.25) is 0 Å². The maximum atomic E-state index is 10.3. The lowest BCUT2D eigenvalue weighted by Crippen LogP contribution is -2.30. The Morgan fingerprint density at radius 1 is 1.11 bits per heavy atom. The third-order valence-corrected chi connectivity index (χ3v) is 3.50. The average molecular weight is 252 g/mol. The summed E-state index contributed by atoms with van der Waals surface area (Å²) in [4.78, 5) is 0. The molecule has 0 saturated carbocycles. The highest BCUT2D eigenvalue weighted by atomic mass is 16.5. The summed E-state index contributed by atoms with van der Waals surface area (Å²) in [5.74, 6) is 0.844. The van der Waals surface area contributed by atoms with Gasteiger partial charge in [-0.2, -0.15) is 0 Å². The molecule has 19 heavy (non-hydrogen) atoms. The third kappa shape index (κ3) is 2.15. The number of ether oxygens (including phenoxy) is 1. The van der Waals surface area contributed by atoms with E-state index in [2.05, 4.69) is 6.58 Å². The highest BCUT2D eigenvalue weighted by Crippen LogP contribution is 2.37. The Hall–Kier alpha value is -2.06. The molecule has 96 valence electrons. The van der Waals surface area contributed by atoms with Crippen LogP contribution in [0.25, 0.3) is 6.08 Å². The molecular weight excluding hydrogens is 236 g/mol. The molecule has 1 N–H and O–H groups in total. The number of aliphatic hydroxyl groups is 1. The van der Waals surface area contributed by atoms with Gasteiger partial charge in [-0.05, 0) is 11.1 Å². The normalized spacial score (nSPS) is 21.3. The van der Waals surface area contributed by atoms with E-state index in [0.29, 0.717) is 6.42 Å². The predicted octanol–water partition coefficient (Wildman–Crippen LogP) is 3.37. The van der Waals surface area contributed by atoms with E-state index in [1.165, 1.54) is 0 Å². The highest BCUT2D eigenvalue weighted by Gasteiger charge is 2.30. The van der Waals surface area contributed by atoms with Crippen molar-refractivity contribution in [2.24, 2.45) is 0 Å². The van der Waals surface area contributed by atoms with Crippen LogP contribution in [-0.4, -0.2) is 11.2 Å². The molecule has 0 spiro atoms. The first-order valence-electron chi connectivity index (χ1n) is 6.43. The third-order valence-electron chi connectivity index (χ3n) is 3.50. The van der Waals surface area contributed by atoms with Gasteiger partial charge >= 0.3 is 0 Å². The molecule has 0 saturated heterocycles. The second-order valence-electron chi connectivity index (χ2n) is 4.76. The predicted molar refractivity (Wildman–Crippen MR) is 76.1 cm³/mol. The maximum Gasteiger partial charge on any atom is 0.150 e. The average Bonchev–Trinajstić information content (AvgIpc) is 2.46. The summed E-state index contributed by atoms with van der Waals surface area (Å²) in [6.45, 7) is 3.81. The number of hydrogen-bond acceptors (Lipinski definition) is 2. The van der Waals surface area contributed by atoms with Gasteiger partial charge in [0.1, 0.15) is 11.9 Å². The quantitative estimate of drug-likeness (QED) is 0.888. The Balaban J connectivity index is 2.01. The monoisotopic (exact) mass is 252 g/mol. The van der Waals surface area contributed by atoms with E-state index < -0.39 is 6.10 Å². The summed E-state index contributed by atoms with van der Waals surface area (Å²) in [5, 5.41) is 10.3. The van der Waals surface area contributed by atoms with Crippen molar-refractivity contribution in [3.63, 3.8) is 0 Å². The van der Waals surface area contributed by atoms with Crippen molar-refractivity contribution >= 4 is 6.08 Å². The largest absolute Gasteiger partial charge is 0.482 e. The van der Waals surface area contributed by atoms with Crippen LogP contribution < -0.4 is 4.74 Å². The van der Waals surface area contributed by atoms with Crippen molar-refractivity contribution in [1.29, 1.82) is 0 Å². The molecular formula is C17H16O2. The number of rotatable bonds is 2. The topological polar surface area (TPSA) is 29.5 Å². The molecule has 3 rings (SSSR count). The van der Waals surface area contributed by atoms with E-state index in [-0.39, 0.29) is 6.10 Å². The molecule has 0 amide bonds. The van der Waals surface area contributed by atoms with Gasteiger partial charge in [-0.1, -0.05) is 61.2 Å². The Labute approximate surface area is 113 Å². The SMILES string of the molecule is C=Cc1cccc2c1OC(c1ccccc1)C(O)C2. The van der Waals surface area contributed by atoms with Crippen molar-refractivity contribution < 1.29 is 9.84 Å². The van der Waals surface area contributed by atoms with E-state index in [4.69, 9.17) is 4.74 Å². The number of hydrogen-bond donors (Lipinski definition) is 1. The van der Waals surface area contributed by atoms with Gasteiger partial charge in [-0.3, -0.25) is 0 Å². The van der Waals surface area contributed by atoms with Crippen molar-refractivity contribution in [1.82, 2.24) is 0 Å². The zero-order valence-corrected chi connectivity index (χ0v) is 10.6. The molecule has 0 radical (unpaired) electrons. The van der Waals surface area contributed by atoms with Gasteiger partial charge < -0.3 is 9.84 Å². The van der Waals surface area contributed by atoms with Crippen LogP contribution in [-0.2, 0) is 6.42 Å². The van der Waals surface area contributed by atoms with E-state index >= 15 is 0 Å². The van der Waals surface area contributed by atoms with Crippen LogP contribution in [0.1, 0.15) is 22.8 Å². The Morgan fingerprint density at radius 3 is 2.63 bits per heavy atom. The molecule has 0 aromatic heterocycles. The van der Waals surface area contributed by atoms with Gasteiger partial charge in [0.05, 0.1) is 6.10 Å². The van der Waals surface area contributed by atoms with Crippen molar-refractivity contribution in [3.05, 3.63) is 71.8 Å². The lowest BCUT2D eigenvalue weighted by atomic mass is 9.93. The van der Waals surface area contributed by atoms with Gasteiger partial charge in [0, 0.05) is 12.0 Å². The Kier molecular flexibility index (Phi) is 3.10. The van der Waals surface area contributed by atoms with Crippen LogP contribution in [0.3, 0.4) is 0 Å². The smallest absolute Gasteiger partial charge is 0.150 e. The minimum Gasteiger partial charge on any atom is -0.482 e. The molecule has 1 aliphatic rings. The van der Waals surface area contributed by atoms with Crippen LogP contribution in [0, 0.1) is 0 Å². The highest BCUT2D eigenvalue weighted by molar-refractivity contribution is 5.59. The van der Waals surface area contributed by atoms with Crippen LogP contribution in [0.4, 0.5) is 0 Å². The van der Waals surface area contributed by atoms with Gasteiger partial charge in [0.25, 0.3) is 0 Å². The summed E-state index contributed by atoms with van der Waals surface area (Å²) in [5.41, 5.74) is 3.02. The van der Waals surface area contributed by atoms with Gasteiger partial charge in [-0.25, -0.2) is 0 Å². The first-order valence-corrected chi connectivity index (χ1v) is 6.43. The minimum absolute atomic E-state index is 0.310. The Bertz CT molecular complexity index is 589. The Morgan fingerprint density at radius 2 is 1.89 bits per heavy atom. The molecule has 0 bridgehead atoms. The molecule has 2 nitrogen and oxygen atoms in total. The molecule has 2 aromatic rings. The summed E-state index contributed by atoms with van der Waals surface area (Å²) in [7, 11) is 0. The molecule has 2 unspecified atom stereocenters. The molecule has 2 heteroatoms. The van der Waals surface area contributed by atoms with Crippen LogP contribution in [0.5, 0.6) is 5.75 Å². The zero-order valence-electron chi connectivity index (χ0n) is 10.6. The van der Waals surface area contributed by atoms with E-state index in [9.17, 15) is 5.11 Å². The minimum atomic E-state index is -0.519. The number of para-hydroxylation sites is 1. The second-order valence-corrected chi connectivity index (χ2v) is 4.76. The van der Waals surface area contributed by atoms with Crippen molar-refractivity contribution in [2.45, 2.75) is 18.6 Å². The van der Waals surface area contributed by atoms with Crippen LogP contribution >= 0.6 is 0 Å². The first kappa shape index (κ1) is 12.0. The van der Waals surface area contributed by atoms with E-state index in [1.54, 1.807) is 6.08 Å². The molecule has 1 heterocycles. The fourth-order valence-corrected chi connectivity index (χ4v) is 2.54. The molecule has 1 aliphatic heterocycles. The summed E-state index contributed by atoms with van der Waals surface area (Å²) >= 11 is 0. The fourth-order valence-electron chi connectivity index (χ4n) is 2.54. The second kappa shape index (κ2) is 4.90. The summed E-state index contributed by atoms with van der Waals surface area (Å²) in [6, 6.07) is 15.8. The summed E-state index contributed by atoms with van der Waals surface area (Å²) in [6.07, 6.45) is 1.57. The first-order chi connectivity index (χ1) is 9.29. The molecule has 0 aliphatic carbocycles. The maximum absolute atomic E-state index is 10.3. The van der Waals surface area contributed by atoms with E-state index in [1.807, 2.05) is 48.5 Å². The summed E-state index contributed by atoms with van der Waals surface area (Å²) < 4.78 is 6.03. The van der Waals surface area contributed by atoms with Gasteiger partial charge in [0.2, 0.25) is 0 Å². The van der Waals surface area contributed by atoms with Crippen LogP contribution in [0.15, 0.2) is 55.1 Å². The van der Waals surface area contributed by atoms with E-state index in [0.717, 1.165) is 22.4 Å². The molecule has 0 fully saturated rings.